The van der Waals surface area contributed by atoms with Crippen molar-refractivity contribution in [2.75, 3.05) is 0 Å². The average molecular weight is 629 g/mol. The van der Waals surface area contributed by atoms with E-state index in [9.17, 15) is 51.2 Å². The van der Waals surface area contributed by atoms with E-state index in [2.05, 4.69) is 15.6 Å². The van der Waals surface area contributed by atoms with Gasteiger partial charge in [-0.1, -0.05) is 19.4 Å². The van der Waals surface area contributed by atoms with Gasteiger partial charge in [-0.2, -0.15) is 26.3 Å². The number of hydrogen-bond acceptors (Lipinski definition) is 7. The van der Waals surface area contributed by atoms with Crippen molar-refractivity contribution in [3.05, 3.63) is 93.3 Å². The number of non-ortho nitro benzene ring substituents is 1. The maximum atomic E-state index is 13.4. The lowest BCUT2D eigenvalue weighted by molar-refractivity contribution is -0.384. The number of amides is 2. The predicted molar refractivity (Wildman–Crippen MR) is 142 cm³/mol. The fourth-order valence-electron chi connectivity index (χ4n) is 4.26. The topological polar surface area (TPSA) is 144 Å². The van der Waals surface area contributed by atoms with Crippen molar-refractivity contribution in [1.29, 1.82) is 0 Å². The van der Waals surface area contributed by atoms with Gasteiger partial charge in [0.1, 0.15) is 17.0 Å². The van der Waals surface area contributed by atoms with Gasteiger partial charge in [0, 0.05) is 30.0 Å². The average Bonchev–Trinajstić information content (AvgIpc) is 2.95. The monoisotopic (exact) mass is 628 g/mol. The molecule has 10 nitrogen and oxygen atoms in total. The molecule has 2 amide bonds. The zero-order valence-corrected chi connectivity index (χ0v) is 23.1. The molecule has 0 fully saturated rings. The van der Waals surface area contributed by atoms with Gasteiger partial charge in [-0.3, -0.25) is 24.7 Å². The van der Waals surface area contributed by atoms with E-state index in [0.29, 0.717) is 18.6 Å². The number of aliphatic hydroxyl groups is 1. The summed E-state index contributed by atoms with van der Waals surface area (Å²) in [7, 11) is 0. The summed E-state index contributed by atoms with van der Waals surface area (Å²) in [5.74, 6) is -0.681. The van der Waals surface area contributed by atoms with Crippen molar-refractivity contribution in [2.24, 2.45) is 0 Å². The molecule has 0 aliphatic heterocycles. The van der Waals surface area contributed by atoms with E-state index in [0.717, 1.165) is 6.07 Å². The van der Waals surface area contributed by atoms with Crippen LogP contribution in [-0.2, 0) is 33.7 Å². The van der Waals surface area contributed by atoms with Gasteiger partial charge >= 0.3 is 12.4 Å². The Morgan fingerprint density at radius 2 is 1.64 bits per heavy atom. The Labute approximate surface area is 246 Å². The molecule has 0 saturated carbocycles. The summed E-state index contributed by atoms with van der Waals surface area (Å²) in [5.41, 5.74) is -7.91. The van der Waals surface area contributed by atoms with Crippen LogP contribution in [0.2, 0.25) is 0 Å². The van der Waals surface area contributed by atoms with Crippen LogP contribution in [0.4, 0.5) is 32.0 Å². The summed E-state index contributed by atoms with van der Waals surface area (Å²) >= 11 is 0. The van der Waals surface area contributed by atoms with Crippen LogP contribution in [0, 0.1) is 10.1 Å². The van der Waals surface area contributed by atoms with Crippen molar-refractivity contribution >= 4 is 18.0 Å². The van der Waals surface area contributed by atoms with Crippen LogP contribution in [0.5, 0.6) is 11.5 Å². The van der Waals surface area contributed by atoms with Crippen LogP contribution in [0.3, 0.4) is 0 Å². The lowest BCUT2D eigenvalue weighted by atomic mass is 9.90. The van der Waals surface area contributed by atoms with Gasteiger partial charge < -0.3 is 20.5 Å². The lowest BCUT2D eigenvalue weighted by Gasteiger charge is -2.33. The highest BCUT2D eigenvalue weighted by Crippen LogP contribution is 2.50. The molecule has 1 heterocycles. The minimum atomic E-state index is -6.04. The van der Waals surface area contributed by atoms with Crippen molar-refractivity contribution in [3.8, 4) is 11.5 Å². The zero-order chi connectivity index (χ0) is 32.9. The molecule has 0 bridgehead atoms. The second kappa shape index (κ2) is 12.9. The van der Waals surface area contributed by atoms with Gasteiger partial charge in [-0.25, -0.2) is 0 Å². The van der Waals surface area contributed by atoms with E-state index in [4.69, 9.17) is 4.74 Å². The first kappa shape index (κ1) is 33.8. The molecule has 1 unspecified atom stereocenters. The van der Waals surface area contributed by atoms with Crippen molar-refractivity contribution in [1.82, 2.24) is 15.6 Å². The van der Waals surface area contributed by atoms with E-state index in [1.165, 1.54) is 49.5 Å². The largest absolute Gasteiger partial charge is 0.457 e. The van der Waals surface area contributed by atoms with Gasteiger partial charge in [0.05, 0.1) is 17.2 Å². The molecule has 0 aliphatic carbocycles. The predicted octanol–water partition coefficient (Wildman–Crippen LogP) is 5.32. The Morgan fingerprint density at radius 1 is 1.02 bits per heavy atom. The van der Waals surface area contributed by atoms with Crippen molar-refractivity contribution < 1.29 is 50.7 Å². The Morgan fingerprint density at radius 3 is 2.18 bits per heavy atom. The maximum absolute atomic E-state index is 13.4. The summed E-state index contributed by atoms with van der Waals surface area (Å²) in [4.78, 5) is 38.8. The molecule has 0 aliphatic rings. The molecule has 1 atom stereocenters. The number of aromatic nitrogens is 1. The third-order valence-corrected chi connectivity index (χ3v) is 6.72. The summed E-state index contributed by atoms with van der Waals surface area (Å²) in [6, 6.07) is 9.66. The molecule has 0 spiro atoms. The molecule has 3 aromatic rings. The minimum Gasteiger partial charge on any atom is -0.457 e. The standard InChI is InChI=1S/C28H26F6N4O6/c1-3-4-17-13-19(26(41,27(29,30)31)28(32,33)34)7-10-23(17)44-22-11-12-35-20(14-22)15-36-24(40)25(2,37-16-39)18-5-8-21(9-6-18)38(42)43/h5-14,16,41H,3-4,15H2,1-2H3,(H,36,40)(H,37,39). The molecule has 44 heavy (non-hydrogen) atoms. The number of hydrogen-bond donors (Lipinski definition) is 3. The van der Waals surface area contributed by atoms with Crippen LogP contribution in [0.15, 0.2) is 60.8 Å². The number of nitrogens with zero attached hydrogens (tertiary/aromatic N) is 2. The summed E-state index contributed by atoms with van der Waals surface area (Å²) < 4.78 is 86.1. The summed E-state index contributed by atoms with van der Waals surface area (Å²) in [6.45, 7) is 2.82. The molecule has 236 valence electrons. The molecular weight excluding hydrogens is 602 g/mol. The number of aryl methyl sites for hydroxylation is 1. The maximum Gasteiger partial charge on any atom is 0.430 e. The Kier molecular flexibility index (Phi) is 9.88. The number of nitro groups is 1. The smallest absolute Gasteiger partial charge is 0.430 e. The van der Waals surface area contributed by atoms with Gasteiger partial charge in [-0.05, 0) is 54.8 Å². The highest BCUT2D eigenvalue weighted by atomic mass is 19.4. The molecule has 1 aromatic heterocycles. The second-order valence-electron chi connectivity index (χ2n) is 9.74. The fraction of sp³-hybridized carbons (Fsp3) is 0.321. The van der Waals surface area contributed by atoms with Crippen LogP contribution in [0.25, 0.3) is 0 Å². The molecule has 0 saturated heterocycles. The van der Waals surface area contributed by atoms with Crippen LogP contribution < -0.4 is 15.4 Å². The SMILES string of the molecule is CCCc1cc(C(O)(C(F)(F)F)C(F)(F)F)ccc1Oc1ccnc(CNC(=O)C(C)(NC=O)c2ccc([N+](=O)[O-])cc2)c1. The van der Waals surface area contributed by atoms with E-state index < -0.39 is 39.9 Å². The third kappa shape index (κ3) is 6.90. The van der Waals surface area contributed by atoms with Gasteiger partial charge in [-0.15, -0.1) is 0 Å². The molecule has 2 aromatic carbocycles. The number of nitrogens with one attached hydrogen (secondary N) is 2. The second-order valence-corrected chi connectivity index (χ2v) is 9.74. The number of ether oxygens (including phenoxy) is 1. The van der Waals surface area contributed by atoms with E-state index in [1.807, 2.05) is 0 Å². The van der Waals surface area contributed by atoms with E-state index >= 15 is 0 Å². The van der Waals surface area contributed by atoms with Crippen LogP contribution in [0.1, 0.15) is 42.7 Å². The van der Waals surface area contributed by atoms with Gasteiger partial charge in [0.2, 0.25) is 12.3 Å². The van der Waals surface area contributed by atoms with Crippen molar-refractivity contribution in [2.45, 2.75) is 56.7 Å². The highest BCUT2D eigenvalue weighted by Gasteiger charge is 2.71. The van der Waals surface area contributed by atoms with Gasteiger partial charge in [0.25, 0.3) is 11.3 Å². The first-order valence-electron chi connectivity index (χ1n) is 12.8. The number of carbonyl (C=O) groups is 2. The number of alkyl halides is 6. The fourth-order valence-corrected chi connectivity index (χ4v) is 4.26. The zero-order valence-electron chi connectivity index (χ0n) is 23.1. The molecule has 3 N–H and O–H groups in total. The molecule has 3 rings (SSSR count). The molecule has 0 radical (unpaired) electrons. The van der Waals surface area contributed by atoms with Crippen LogP contribution >= 0.6 is 0 Å². The van der Waals surface area contributed by atoms with Crippen LogP contribution in [-0.4, -0.2) is 39.7 Å². The summed E-state index contributed by atoms with van der Waals surface area (Å²) in [6.07, 6.45) is -10.2. The molecular formula is C28H26F6N4O6. The number of halogens is 6. The number of carbonyl (C=O) groups excluding carboxylic acids is 2. The number of benzene rings is 2. The lowest BCUT2D eigenvalue weighted by Crippen LogP contribution is -2.53. The number of pyridine rings is 1. The highest BCUT2D eigenvalue weighted by molar-refractivity contribution is 5.89. The normalized spacial score (nSPS) is 13.5. The van der Waals surface area contributed by atoms with Crippen molar-refractivity contribution in [3.63, 3.8) is 0 Å². The van der Waals surface area contributed by atoms with E-state index in [1.54, 1.807) is 6.92 Å². The summed E-state index contributed by atoms with van der Waals surface area (Å²) in [5, 5.41) is 25.7. The molecule has 16 heteroatoms. The quantitative estimate of drug-likeness (QED) is 0.107. The van der Waals surface area contributed by atoms with E-state index in [-0.39, 0.29) is 53.4 Å². The number of nitro benzene ring substituents is 1. The third-order valence-electron chi connectivity index (χ3n) is 6.72. The Bertz CT molecular complexity index is 1500. The Hall–Kier alpha value is -4.73. The van der Waals surface area contributed by atoms with Gasteiger partial charge in [0.15, 0.2) is 0 Å². The first-order chi connectivity index (χ1) is 20.5. The number of rotatable bonds is 12. The minimum absolute atomic E-state index is 0.0218. The Balaban J connectivity index is 1.84. The first-order valence-corrected chi connectivity index (χ1v) is 12.8.